The standard InChI is InChI=1S/C42H29N5/c1-43-35-20-10-13-23-39(35)46-27-30-24-34-32-19-9-12-22-38(32)47(40(34)25-33(30)31-18-8-11-21-37(31)46)41-26-36(28-14-4-2-5-15-28)44-42(45-41)29-16-6-3-7-17-29/h2-26H,1,27H2. The van der Waals surface area contributed by atoms with Crippen molar-refractivity contribution in [2.75, 3.05) is 4.90 Å². The number of rotatable bonds is 5. The van der Waals surface area contributed by atoms with E-state index in [2.05, 4.69) is 136 Å². The van der Waals surface area contributed by atoms with Crippen molar-refractivity contribution in [3.8, 4) is 39.6 Å². The van der Waals surface area contributed by atoms with Crippen LogP contribution in [0.15, 0.2) is 157 Å². The Bertz CT molecular complexity index is 2400. The van der Waals surface area contributed by atoms with E-state index in [9.17, 15) is 0 Å². The molecule has 0 aliphatic carbocycles. The molecule has 8 aromatic rings. The molecular weight excluding hydrogens is 574 g/mol. The number of hydrogen-bond donors (Lipinski definition) is 0. The van der Waals surface area contributed by atoms with Gasteiger partial charge in [0.1, 0.15) is 5.82 Å². The summed E-state index contributed by atoms with van der Waals surface area (Å²) in [5, 5.41) is 2.37. The Hall–Kier alpha value is -6.33. The summed E-state index contributed by atoms with van der Waals surface area (Å²) in [6.07, 6.45) is 0. The largest absolute Gasteiger partial charge is 0.335 e. The highest BCUT2D eigenvalue weighted by molar-refractivity contribution is 6.11. The van der Waals surface area contributed by atoms with Crippen LogP contribution in [0, 0.1) is 0 Å². The average molecular weight is 604 g/mol. The van der Waals surface area contributed by atoms with Crippen LogP contribution in [0.25, 0.3) is 61.4 Å². The van der Waals surface area contributed by atoms with E-state index in [0.717, 1.165) is 57.3 Å². The zero-order valence-electron chi connectivity index (χ0n) is 25.6. The first-order valence-corrected chi connectivity index (χ1v) is 15.8. The number of fused-ring (bicyclic) bond motifs is 6. The zero-order valence-corrected chi connectivity index (χ0v) is 25.6. The molecule has 0 saturated carbocycles. The van der Waals surface area contributed by atoms with Crippen molar-refractivity contribution >= 4 is 45.6 Å². The Morgan fingerprint density at radius 3 is 2.04 bits per heavy atom. The van der Waals surface area contributed by atoms with Gasteiger partial charge in [0.25, 0.3) is 0 Å². The quantitative estimate of drug-likeness (QED) is 0.184. The van der Waals surface area contributed by atoms with Gasteiger partial charge >= 0.3 is 0 Å². The number of anilines is 2. The van der Waals surface area contributed by atoms with Gasteiger partial charge in [0.15, 0.2) is 5.82 Å². The molecule has 0 N–H and O–H groups in total. The van der Waals surface area contributed by atoms with E-state index >= 15 is 0 Å². The SMILES string of the molecule is C=Nc1ccccc1N1Cc2cc3c4ccccc4n(-c4cc(-c5ccccc5)nc(-c5ccccc5)n4)c3cc2-c2ccccc21. The van der Waals surface area contributed by atoms with Crippen molar-refractivity contribution in [2.45, 2.75) is 6.54 Å². The lowest BCUT2D eigenvalue weighted by molar-refractivity contribution is 0.962. The molecular formula is C42H29N5. The van der Waals surface area contributed by atoms with Crippen LogP contribution in [0.4, 0.5) is 17.1 Å². The highest BCUT2D eigenvalue weighted by atomic mass is 15.2. The number of benzene rings is 6. The van der Waals surface area contributed by atoms with Crippen molar-refractivity contribution in [2.24, 2.45) is 4.99 Å². The van der Waals surface area contributed by atoms with Crippen LogP contribution in [0.5, 0.6) is 0 Å². The molecule has 0 fully saturated rings. The molecule has 0 amide bonds. The van der Waals surface area contributed by atoms with Gasteiger partial charge in [-0.3, -0.25) is 9.56 Å². The third-order valence-corrected chi connectivity index (χ3v) is 9.10. The van der Waals surface area contributed by atoms with Crippen LogP contribution in [0.2, 0.25) is 0 Å². The first-order chi connectivity index (χ1) is 23.3. The second-order valence-electron chi connectivity index (χ2n) is 11.8. The van der Waals surface area contributed by atoms with Gasteiger partial charge in [0.2, 0.25) is 0 Å². The minimum absolute atomic E-state index is 0.696. The zero-order chi connectivity index (χ0) is 31.3. The highest BCUT2D eigenvalue weighted by Gasteiger charge is 2.27. The molecule has 222 valence electrons. The summed E-state index contributed by atoms with van der Waals surface area (Å²) in [6.45, 7) is 4.57. The topological polar surface area (TPSA) is 46.3 Å². The van der Waals surface area contributed by atoms with Crippen LogP contribution in [0.3, 0.4) is 0 Å². The normalized spacial score (nSPS) is 12.2. The summed E-state index contributed by atoms with van der Waals surface area (Å²) < 4.78 is 2.30. The van der Waals surface area contributed by atoms with Gasteiger partial charge in [0.05, 0.1) is 28.1 Å². The number of nitrogens with zero attached hydrogens (tertiary/aromatic N) is 5. The molecule has 0 unspecified atom stereocenters. The summed E-state index contributed by atoms with van der Waals surface area (Å²) in [5.74, 6) is 1.53. The van der Waals surface area contributed by atoms with Gasteiger partial charge < -0.3 is 4.90 Å². The smallest absolute Gasteiger partial charge is 0.162 e. The minimum atomic E-state index is 0.696. The molecule has 0 radical (unpaired) electrons. The van der Waals surface area contributed by atoms with E-state index < -0.39 is 0 Å². The summed E-state index contributed by atoms with van der Waals surface area (Å²) >= 11 is 0. The van der Waals surface area contributed by atoms with Gasteiger partial charge in [-0.25, -0.2) is 9.97 Å². The Morgan fingerprint density at radius 2 is 1.23 bits per heavy atom. The molecule has 1 aliphatic heterocycles. The van der Waals surface area contributed by atoms with E-state index in [0.29, 0.717) is 5.82 Å². The predicted octanol–water partition coefficient (Wildman–Crippen LogP) is 10.6. The first-order valence-electron chi connectivity index (χ1n) is 15.8. The second-order valence-corrected chi connectivity index (χ2v) is 11.8. The van der Waals surface area contributed by atoms with Crippen molar-refractivity contribution in [3.05, 3.63) is 157 Å². The third-order valence-electron chi connectivity index (χ3n) is 9.10. The molecule has 3 heterocycles. The van der Waals surface area contributed by atoms with Crippen molar-refractivity contribution in [1.82, 2.24) is 14.5 Å². The molecule has 6 aromatic carbocycles. The fourth-order valence-electron chi connectivity index (χ4n) is 6.94. The fraction of sp³-hybridized carbons (Fsp3) is 0.0238. The fourth-order valence-corrected chi connectivity index (χ4v) is 6.94. The van der Waals surface area contributed by atoms with Crippen molar-refractivity contribution < 1.29 is 0 Å². The molecule has 1 aliphatic rings. The van der Waals surface area contributed by atoms with Crippen LogP contribution in [0.1, 0.15) is 5.56 Å². The summed E-state index contributed by atoms with van der Waals surface area (Å²) in [6, 6.07) is 52.9. The molecule has 47 heavy (non-hydrogen) atoms. The monoisotopic (exact) mass is 603 g/mol. The van der Waals surface area contributed by atoms with E-state index in [1.54, 1.807) is 0 Å². The minimum Gasteiger partial charge on any atom is -0.335 e. The Balaban J connectivity index is 1.31. The lowest BCUT2D eigenvalue weighted by atomic mass is 9.91. The molecule has 0 spiro atoms. The lowest BCUT2D eigenvalue weighted by Gasteiger charge is -2.33. The van der Waals surface area contributed by atoms with E-state index in [4.69, 9.17) is 9.97 Å². The molecule has 9 rings (SSSR count). The summed E-state index contributed by atoms with van der Waals surface area (Å²) in [7, 11) is 0. The van der Waals surface area contributed by atoms with Gasteiger partial charge in [-0.2, -0.15) is 0 Å². The van der Waals surface area contributed by atoms with Crippen LogP contribution >= 0.6 is 0 Å². The molecule has 5 heteroatoms. The molecule has 5 nitrogen and oxygen atoms in total. The Morgan fingerprint density at radius 1 is 0.553 bits per heavy atom. The van der Waals surface area contributed by atoms with Crippen molar-refractivity contribution in [1.29, 1.82) is 0 Å². The number of hydrogen-bond acceptors (Lipinski definition) is 4. The number of aliphatic imine (C=N–C) groups is 1. The number of para-hydroxylation sites is 4. The van der Waals surface area contributed by atoms with Gasteiger partial charge in [0, 0.05) is 45.8 Å². The Kier molecular flexibility index (Phi) is 6.28. The van der Waals surface area contributed by atoms with Crippen LogP contribution in [-0.2, 0) is 6.54 Å². The van der Waals surface area contributed by atoms with Gasteiger partial charge in [-0.1, -0.05) is 109 Å². The number of aromatic nitrogens is 3. The predicted molar refractivity (Wildman–Crippen MR) is 194 cm³/mol. The maximum absolute atomic E-state index is 5.23. The highest BCUT2D eigenvalue weighted by Crippen LogP contribution is 2.47. The van der Waals surface area contributed by atoms with E-state index in [1.807, 2.05) is 36.4 Å². The molecule has 2 aromatic heterocycles. The molecule has 0 bridgehead atoms. The van der Waals surface area contributed by atoms with Crippen LogP contribution in [-0.4, -0.2) is 21.3 Å². The Labute approximate surface area is 272 Å². The van der Waals surface area contributed by atoms with Crippen LogP contribution < -0.4 is 4.90 Å². The van der Waals surface area contributed by atoms with Gasteiger partial charge in [-0.15, -0.1) is 0 Å². The average Bonchev–Trinajstić information content (AvgIpc) is 3.47. The molecule has 0 atom stereocenters. The third kappa shape index (κ3) is 4.43. The maximum Gasteiger partial charge on any atom is 0.162 e. The maximum atomic E-state index is 5.23. The van der Waals surface area contributed by atoms with E-state index in [1.165, 1.54) is 27.5 Å². The summed E-state index contributed by atoms with van der Waals surface area (Å²) in [4.78, 5) is 17.0. The lowest BCUT2D eigenvalue weighted by Crippen LogP contribution is -2.21. The first kappa shape index (κ1) is 27.0. The van der Waals surface area contributed by atoms with Gasteiger partial charge in [-0.05, 0) is 54.2 Å². The molecule has 0 saturated heterocycles. The van der Waals surface area contributed by atoms with E-state index in [-0.39, 0.29) is 0 Å². The second kappa shape index (κ2) is 10.9. The summed E-state index contributed by atoms with van der Waals surface area (Å²) in [5.41, 5.74) is 11.9. The van der Waals surface area contributed by atoms with Crippen molar-refractivity contribution in [3.63, 3.8) is 0 Å².